The first kappa shape index (κ1) is 29.8. The van der Waals surface area contributed by atoms with E-state index in [1.807, 2.05) is 12.5 Å². The Kier molecular flexibility index (Phi) is 8.86. The second-order valence-corrected chi connectivity index (χ2v) is 15.9. The van der Waals surface area contributed by atoms with Crippen LogP contribution >= 0.6 is 0 Å². The lowest BCUT2D eigenvalue weighted by Crippen LogP contribution is -2.63. The van der Waals surface area contributed by atoms with E-state index in [0.717, 1.165) is 25.0 Å². The van der Waals surface area contributed by atoms with Gasteiger partial charge in [0, 0.05) is 31.7 Å². The van der Waals surface area contributed by atoms with E-state index < -0.39 is 0 Å². The maximum Gasteiger partial charge on any atom is 0.0937 e. The fourth-order valence-corrected chi connectivity index (χ4v) is 11.8. The van der Waals surface area contributed by atoms with Crippen molar-refractivity contribution in [3.63, 3.8) is 0 Å². The smallest absolute Gasteiger partial charge is 0.0937 e. The Morgan fingerprint density at radius 1 is 0.810 bits per heavy atom. The van der Waals surface area contributed by atoms with Crippen LogP contribution in [0.15, 0.2) is 23.0 Å². The second-order valence-electron chi connectivity index (χ2n) is 15.9. The molecule has 6 fully saturated rings. The van der Waals surface area contributed by atoms with Gasteiger partial charge in [0.1, 0.15) is 0 Å². The zero-order chi connectivity index (χ0) is 28.6. The van der Waals surface area contributed by atoms with Crippen molar-refractivity contribution in [3.05, 3.63) is 24.2 Å². The molecule has 0 aromatic carbocycles. The average molecular weight is 581 g/mol. The van der Waals surface area contributed by atoms with Crippen LogP contribution in [-0.4, -0.2) is 74.0 Å². The summed E-state index contributed by atoms with van der Waals surface area (Å²) in [7, 11) is 0. The molecule has 2 aliphatic heterocycles. The Hall–Kier alpha value is -0.880. The van der Waals surface area contributed by atoms with E-state index >= 15 is 0 Å². The van der Waals surface area contributed by atoms with Gasteiger partial charge in [0.15, 0.2) is 0 Å². The van der Waals surface area contributed by atoms with Gasteiger partial charge in [-0.2, -0.15) is 0 Å². The molecule has 1 aromatic rings. The molecule has 0 spiro atoms. The second kappa shape index (κ2) is 12.5. The third-order valence-electron chi connectivity index (χ3n) is 14.1. The Morgan fingerprint density at radius 3 is 2.26 bits per heavy atom. The van der Waals surface area contributed by atoms with Crippen molar-refractivity contribution in [3.8, 4) is 0 Å². The number of furan rings is 1. The number of hydrogen-bond acceptors (Lipinski definition) is 5. The van der Waals surface area contributed by atoms with Crippen LogP contribution < -0.4 is 0 Å². The predicted molar refractivity (Wildman–Crippen MR) is 169 cm³/mol. The molecule has 1 aromatic heterocycles. The highest BCUT2D eigenvalue weighted by molar-refractivity contribution is 5.27. The molecule has 42 heavy (non-hydrogen) atoms. The average Bonchev–Trinajstić information content (AvgIpc) is 3.81. The standard InChI is InChI=1S/C37H60N2O3/c1-35-15-11-31(41-24-7-22-38-18-3-4-19-38)27-30(35)9-10-34-33(35)12-16-36(2)32(29-14-26-40-28-29)13-17-37(34,36)42-25-8-23-39-20-5-6-21-39/h14,26,28,30-34H,3-13,15-25,27H2,1-2H3/t30?,31?,32?,33-,34-,35+,36-,37-/m1/s1. The SMILES string of the molecule is C[C@]12CCC(OCCCN3CCCC3)CC1CC[C@@H]1[C@H]2CC[C@]2(C)C(c3ccoc3)CC[C@@]12OCCCN1CCCC1. The third kappa shape index (κ3) is 5.35. The summed E-state index contributed by atoms with van der Waals surface area (Å²) in [6.45, 7) is 14.8. The maximum atomic E-state index is 7.42. The van der Waals surface area contributed by atoms with E-state index in [1.165, 1.54) is 141 Å². The quantitative estimate of drug-likeness (QED) is 0.249. The molecule has 7 rings (SSSR count). The van der Waals surface area contributed by atoms with Gasteiger partial charge in [-0.3, -0.25) is 0 Å². The minimum absolute atomic E-state index is 0.0137. The molecule has 2 saturated heterocycles. The van der Waals surface area contributed by atoms with E-state index in [-0.39, 0.29) is 11.0 Å². The maximum absolute atomic E-state index is 7.42. The number of rotatable bonds is 11. The first-order valence-electron chi connectivity index (χ1n) is 18.2. The lowest BCUT2D eigenvalue weighted by atomic mass is 9.43. The van der Waals surface area contributed by atoms with Gasteiger partial charge in [-0.05, 0) is 163 Å². The number of ether oxygens (including phenoxy) is 2. The Labute approximate surface area is 256 Å². The van der Waals surface area contributed by atoms with Crippen LogP contribution in [0.25, 0.3) is 0 Å². The fraction of sp³-hybridized carbons (Fsp3) is 0.892. The number of fused-ring (bicyclic) bond motifs is 5. The minimum Gasteiger partial charge on any atom is -0.472 e. The molecule has 3 unspecified atom stereocenters. The summed E-state index contributed by atoms with van der Waals surface area (Å²) < 4.78 is 19.6. The number of likely N-dealkylation sites (tertiary alicyclic amines) is 2. The zero-order valence-electron chi connectivity index (χ0n) is 27.0. The van der Waals surface area contributed by atoms with E-state index in [4.69, 9.17) is 13.9 Å². The first-order valence-corrected chi connectivity index (χ1v) is 18.2. The summed E-state index contributed by atoms with van der Waals surface area (Å²) in [5.74, 6) is 2.87. The molecule has 0 radical (unpaired) electrons. The van der Waals surface area contributed by atoms with Crippen molar-refractivity contribution >= 4 is 0 Å². The van der Waals surface area contributed by atoms with Crippen LogP contribution in [0.5, 0.6) is 0 Å². The Bertz CT molecular complexity index is 1000. The Balaban J connectivity index is 1.03. The summed E-state index contributed by atoms with van der Waals surface area (Å²) in [5, 5.41) is 0. The van der Waals surface area contributed by atoms with Crippen molar-refractivity contribution in [1.29, 1.82) is 0 Å². The van der Waals surface area contributed by atoms with Crippen molar-refractivity contribution < 1.29 is 13.9 Å². The molecule has 0 N–H and O–H groups in total. The lowest BCUT2D eigenvalue weighted by Gasteiger charge is -2.65. The monoisotopic (exact) mass is 580 g/mol. The summed E-state index contributed by atoms with van der Waals surface area (Å²) in [6.07, 6.45) is 24.1. The van der Waals surface area contributed by atoms with Gasteiger partial charge in [-0.25, -0.2) is 0 Å². The third-order valence-corrected chi connectivity index (χ3v) is 14.1. The summed E-state index contributed by atoms with van der Waals surface area (Å²) in [4.78, 5) is 5.29. The summed E-state index contributed by atoms with van der Waals surface area (Å²) in [5.41, 5.74) is 2.07. The van der Waals surface area contributed by atoms with Gasteiger partial charge in [0.05, 0.1) is 24.2 Å². The van der Waals surface area contributed by atoms with Gasteiger partial charge in [0.2, 0.25) is 0 Å². The minimum atomic E-state index is 0.0137. The molecular weight excluding hydrogens is 520 g/mol. The highest BCUT2D eigenvalue weighted by Crippen LogP contribution is 2.71. The molecule has 0 amide bonds. The zero-order valence-corrected chi connectivity index (χ0v) is 27.0. The van der Waals surface area contributed by atoms with Gasteiger partial charge in [-0.15, -0.1) is 0 Å². The molecule has 5 heteroatoms. The van der Waals surface area contributed by atoms with Crippen LogP contribution in [0.3, 0.4) is 0 Å². The van der Waals surface area contributed by atoms with Crippen molar-refractivity contribution in [2.45, 2.75) is 128 Å². The van der Waals surface area contributed by atoms with E-state index in [1.54, 1.807) is 0 Å². The van der Waals surface area contributed by atoms with Crippen molar-refractivity contribution in [1.82, 2.24) is 9.80 Å². The molecule has 5 nitrogen and oxygen atoms in total. The Morgan fingerprint density at radius 2 is 1.55 bits per heavy atom. The number of nitrogens with zero attached hydrogens (tertiary/aromatic N) is 2. The normalized spacial score (nSPS) is 42.5. The first-order chi connectivity index (χ1) is 20.5. The summed E-state index contributed by atoms with van der Waals surface area (Å²) >= 11 is 0. The molecule has 4 aliphatic carbocycles. The fourth-order valence-electron chi connectivity index (χ4n) is 11.8. The van der Waals surface area contributed by atoms with Gasteiger partial charge >= 0.3 is 0 Å². The van der Waals surface area contributed by atoms with Crippen molar-refractivity contribution in [2.24, 2.45) is 28.6 Å². The van der Waals surface area contributed by atoms with Crippen LogP contribution in [0.2, 0.25) is 0 Å². The predicted octanol–water partition coefficient (Wildman–Crippen LogP) is 7.90. The van der Waals surface area contributed by atoms with Crippen molar-refractivity contribution in [2.75, 3.05) is 52.5 Å². The van der Waals surface area contributed by atoms with E-state index in [0.29, 0.717) is 23.4 Å². The number of hydrogen-bond donors (Lipinski definition) is 0. The lowest BCUT2D eigenvalue weighted by molar-refractivity contribution is -0.231. The topological polar surface area (TPSA) is 38.1 Å². The van der Waals surface area contributed by atoms with Gasteiger partial charge in [0.25, 0.3) is 0 Å². The molecule has 8 atom stereocenters. The van der Waals surface area contributed by atoms with Crippen LogP contribution in [0, 0.1) is 28.6 Å². The van der Waals surface area contributed by atoms with Gasteiger partial charge < -0.3 is 23.7 Å². The highest BCUT2D eigenvalue weighted by atomic mass is 16.5. The molecule has 0 bridgehead atoms. The van der Waals surface area contributed by atoms with E-state index in [9.17, 15) is 0 Å². The van der Waals surface area contributed by atoms with E-state index in [2.05, 4.69) is 29.7 Å². The van der Waals surface area contributed by atoms with Gasteiger partial charge in [-0.1, -0.05) is 13.8 Å². The molecule has 6 aliphatic rings. The highest BCUT2D eigenvalue weighted by Gasteiger charge is 2.68. The van der Waals surface area contributed by atoms with Crippen LogP contribution in [0.1, 0.15) is 122 Å². The molecule has 3 heterocycles. The van der Waals surface area contributed by atoms with Crippen LogP contribution in [0.4, 0.5) is 0 Å². The molecule has 236 valence electrons. The molecule has 4 saturated carbocycles. The van der Waals surface area contributed by atoms with Crippen LogP contribution in [-0.2, 0) is 9.47 Å². The molecular formula is C37H60N2O3. The summed E-state index contributed by atoms with van der Waals surface area (Å²) in [6, 6.07) is 2.25. The largest absolute Gasteiger partial charge is 0.472 e.